The van der Waals surface area contributed by atoms with Gasteiger partial charge in [0.15, 0.2) is 0 Å². The van der Waals surface area contributed by atoms with Crippen LogP contribution in [0, 0.1) is 0 Å². The molecule has 0 bridgehead atoms. The van der Waals surface area contributed by atoms with Gasteiger partial charge in [-0.3, -0.25) is 0 Å². The first-order chi connectivity index (χ1) is 8.04. The molecule has 0 fully saturated rings. The summed E-state index contributed by atoms with van der Waals surface area (Å²) in [5.41, 5.74) is 0. The maximum atomic E-state index is 9.49. The van der Waals surface area contributed by atoms with Gasteiger partial charge >= 0.3 is 85.2 Å². The minimum atomic E-state index is -1.76. The van der Waals surface area contributed by atoms with E-state index >= 15 is 0 Å². The molecule has 0 spiro atoms. The molecule has 0 amide bonds. The van der Waals surface area contributed by atoms with Crippen LogP contribution in [0.15, 0.2) is 0 Å². The summed E-state index contributed by atoms with van der Waals surface area (Å²) < 4.78 is 1.15. The average Bonchev–Trinajstić information content (AvgIpc) is 2.23. The zero-order valence-electron chi connectivity index (χ0n) is 10.9. The van der Waals surface area contributed by atoms with Crippen molar-refractivity contribution in [3.05, 3.63) is 0 Å². The van der Waals surface area contributed by atoms with Crippen molar-refractivity contribution in [2.45, 2.75) is 69.7 Å². The van der Waals surface area contributed by atoms with Crippen LogP contribution in [-0.4, -0.2) is 23.5 Å². The third-order valence-electron chi connectivity index (χ3n) is 2.17. The topological polar surface area (TPSA) is 40.1 Å². The summed E-state index contributed by atoms with van der Waals surface area (Å²) in [6.45, 7) is 4.04. The van der Waals surface area contributed by atoms with Crippen molar-refractivity contribution in [1.29, 1.82) is 0 Å². The molecule has 0 saturated heterocycles. The normalized spacial score (nSPS) is 9.41. The average molecular weight is 390 g/mol. The van der Waals surface area contributed by atoms with Gasteiger partial charge < -0.3 is 9.90 Å². The minimum absolute atomic E-state index is 0.181. The van der Waals surface area contributed by atoms with E-state index in [0.717, 1.165) is 4.44 Å². The first-order valence-corrected chi connectivity index (χ1v) is 15.7. The van der Waals surface area contributed by atoms with Crippen LogP contribution in [0.25, 0.3) is 0 Å². The van der Waals surface area contributed by atoms with Gasteiger partial charge in [-0.25, -0.2) is 0 Å². The molecule has 0 rings (SSSR count). The molecular formula is C12H24Cl2O2Sn. The Morgan fingerprint density at radius 2 is 1.53 bits per heavy atom. The Labute approximate surface area is 120 Å². The number of carboxylic acids is 1. The van der Waals surface area contributed by atoms with E-state index in [4.69, 9.17) is 17.8 Å². The quantitative estimate of drug-likeness (QED) is 0.444. The molecule has 0 unspecified atom stereocenters. The zero-order valence-corrected chi connectivity index (χ0v) is 15.3. The first kappa shape index (κ1) is 20.2. The summed E-state index contributed by atoms with van der Waals surface area (Å²) in [5.74, 6) is -0.961. The summed E-state index contributed by atoms with van der Waals surface area (Å²) in [6.07, 6.45) is 8.93. The fraction of sp³-hybridized carbons (Fsp3) is 0.917. The summed E-state index contributed by atoms with van der Waals surface area (Å²) in [6, 6.07) is 0. The van der Waals surface area contributed by atoms with Crippen LogP contribution >= 0.6 is 17.8 Å². The Morgan fingerprint density at radius 1 is 1.00 bits per heavy atom. The van der Waals surface area contributed by atoms with Crippen molar-refractivity contribution >= 4 is 41.3 Å². The van der Waals surface area contributed by atoms with Gasteiger partial charge in [0.1, 0.15) is 0 Å². The van der Waals surface area contributed by atoms with Gasteiger partial charge in [0, 0.05) is 5.97 Å². The first-order valence-electron chi connectivity index (χ1n) is 6.41. The Kier molecular flexibility index (Phi) is 20.0. The Balaban J connectivity index is 0. The van der Waals surface area contributed by atoms with E-state index in [-0.39, 0.29) is 6.42 Å². The predicted molar refractivity (Wildman–Crippen MR) is 75.6 cm³/mol. The van der Waals surface area contributed by atoms with E-state index in [1.54, 1.807) is 6.92 Å². The van der Waals surface area contributed by atoms with Gasteiger partial charge in [0.25, 0.3) is 0 Å². The van der Waals surface area contributed by atoms with Crippen LogP contribution in [-0.2, 0) is 4.79 Å². The number of rotatable bonds is 9. The maximum absolute atomic E-state index is 9.49. The molecule has 2 nitrogen and oxygen atoms in total. The van der Waals surface area contributed by atoms with E-state index in [1.165, 1.54) is 38.5 Å². The molecule has 0 aromatic carbocycles. The monoisotopic (exact) mass is 390 g/mol. The summed E-state index contributed by atoms with van der Waals surface area (Å²) >= 11 is -1.76. The second-order valence-electron chi connectivity index (χ2n) is 3.98. The van der Waals surface area contributed by atoms with Crippen LogP contribution in [0.5, 0.6) is 0 Å². The summed E-state index contributed by atoms with van der Waals surface area (Å²) in [5, 5.41) is 9.49. The number of carboxylic acid groups (broad SMARTS) is 1. The SMILES string of the molecule is CCCC(=O)[O-].CCCCCCC[CH2][Sn+]([Cl])[Cl]. The molecule has 0 aliphatic heterocycles. The van der Waals surface area contributed by atoms with Crippen molar-refractivity contribution in [2.24, 2.45) is 0 Å². The molecule has 0 radical (unpaired) electrons. The Bertz CT molecular complexity index is 167. The molecule has 0 aromatic rings. The molecule has 0 aliphatic rings. The second kappa shape index (κ2) is 16.8. The van der Waals surface area contributed by atoms with Crippen molar-refractivity contribution in [3.63, 3.8) is 0 Å². The van der Waals surface area contributed by atoms with Crippen molar-refractivity contribution in [1.82, 2.24) is 0 Å². The molecule has 5 heteroatoms. The molecule has 102 valence electrons. The van der Waals surface area contributed by atoms with Crippen molar-refractivity contribution in [3.8, 4) is 0 Å². The van der Waals surface area contributed by atoms with Gasteiger partial charge in [-0.2, -0.15) is 0 Å². The third-order valence-corrected chi connectivity index (χ3v) is 6.80. The number of hydrogen-bond donors (Lipinski definition) is 0. The standard InChI is InChI=1S/C8H17.C4H8O2.2ClH.Sn/c1-3-5-7-8-6-4-2;1-2-3-4(5)6;;;/h1,3-8H2,2H3;2-3H2,1H3,(H,5,6);2*1H;/q;;;;+3/p-3. The molecule has 0 aliphatic carbocycles. The number of carbonyl (C=O) groups is 1. The van der Waals surface area contributed by atoms with Gasteiger partial charge in [0.05, 0.1) is 0 Å². The third kappa shape index (κ3) is 26.5. The Hall–Kier alpha value is 0.849. The van der Waals surface area contributed by atoms with Crippen LogP contribution in [0.2, 0.25) is 4.44 Å². The molecule has 0 N–H and O–H groups in total. The van der Waals surface area contributed by atoms with Crippen LogP contribution in [0.4, 0.5) is 0 Å². The molecule has 0 aromatic heterocycles. The molecule has 0 saturated carbocycles. The molecule has 0 heterocycles. The number of aliphatic carboxylic acids is 1. The van der Waals surface area contributed by atoms with Gasteiger partial charge in [-0.1, -0.05) is 13.3 Å². The number of carbonyl (C=O) groups excluding carboxylic acids is 1. The van der Waals surface area contributed by atoms with Gasteiger partial charge in [-0.05, 0) is 6.42 Å². The van der Waals surface area contributed by atoms with Crippen LogP contribution < -0.4 is 5.11 Å². The summed E-state index contributed by atoms with van der Waals surface area (Å²) in [7, 11) is 11.6. The zero-order chi connectivity index (χ0) is 13.5. The molecular weight excluding hydrogens is 366 g/mol. The number of halogens is 2. The fourth-order valence-corrected chi connectivity index (χ4v) is 4.51. The molecule has 17 heavy (non-hydrogen) atoms. The van der Waals surface area contributed by atoms with Crippen molar-refractivity contribution in [2.75, 3.05) is 0 Å². The number of hydrogen-bond acceptors (Lipinski definition) is 2. The number of unbranched alkanes of at least 4 members (excludes halogenated alkanes) is 5. The predicted octanol–water partition coefficient (Wildman–Crippen LogP) is 3.85. The summed E-state index contributed by atoms with van der Waals surface area (Å²) in [4.78, 5) is 9.49. The van der Waals surface area contributed by atoms with E-state index in [0.29, 0.717) is 6.42 Å². The van der Waals surface area contributed by atoms with Crippen molar-refractivity contribution < 1.29 is 9.90 Å². The van der Waals surface area contributed by atoms with Crippen LogP contribution in [0.3, 0.4) is 0 Å². The van der Waals surface area contributed by atoms with E-state index in [9.17, 15) is 9.90 Å². The second-order valence-corrected chi connectivity index (χ2v) is 14.8. The van der Waals surface area contributed by atoms with E-state index in [2.05, 4.69) is 6.92 Å². The van der Waals surface area contributed by atoms with E-state index in [1.807, 2.05) is 0 Å². The van der Waals surface area contributed by atoms with Gasteiger partial charge in [0.2, 0.25) is 0 Å². The molecule has 0 atom stereocenters. The van der Waals surface area contributed by atoms with E-state index < -0.39 is 23.5 Å². The van der Waals surface area contributed by atoms with Crippen LogP contribution in [0.1, 0.15) is 65.2 Å². The Morgan fingerprint density at radius 3 is 1.88 bits per heavy atom. The fourth-order valence-electron chi connectivity index (χ4n) is 1.24. The van der Waals surface area contributed by atoms with Gasteiger partial charge in [-0.15, -0.1) is 0 Å².